The standard InChI is InChI=1S/C13H13N2O2.Y/c1-8-5-4-6-10(9(8)2)12(16)11-7-14-15(3)13(11)17;/h4,6-7,14H,1-3H3;/q-1;. The summed E-state index contributed by atoms with van der Waals surface area (Å²) < 4.78 is 1.28. The van der Waals surface area contributed by atoms with Gasteiger partial charge in [-0.2, -0.15) is 23.8 Å². The first-order valence-corrected chi connectivity index (χ1v) is 5.29. The number of benzene rings is 1. The maximum atomic E-state index is 12.2. The van der Waals surface area contributed by atoms with Gasteiger partial charge in [-0.05, 0) is 0 Å². The Kier molecular flexibility index (Phi) is 4.82. The molecule has 0 saturated carbocycles. The first-order chi connectivity index (χ1) is 8.02. The van der Waals surface area contributed by atoms with Crippen LogP contribution in [0.5, 0.6) is 0 Å². The number of aromatic nitrogens is 2. The molecule has 0 fully saturated rings. The Morgan fingerprint density at radius 2 is 2.00 bits per heavy atom. The molecule has 1 aromatic heterocycles. The molecule has 91 valence electrons. The van der Waals surface area contributed by atoms with Crippen molar-refractivity contribution in [1.82, 2.24) is 9.78 Å². The smallest absolute Gasteiger partial charge is 0.277 e. The molecule has 0 aliphatic carbocycles. The largest absolute Gasteiger partial charge is 0.302 e. The molecule has 1 radical (unpaired) electrons. The molecule has 0 amide bonds. The quantitative estimate of drug-likeness (QED) is 0.671. The van der Waals surface area contributed by atoms with Gasteiger partial charge in [0.15, 0.2) is 5.78 Å². The fourth-order valence-corrected chi connectivity index (χ4v) is 1.70. The van der Waals surface area contributed by atoms with Gasteiger partial charge < -0.3 is 5.10 Å². The number of hydrogen-bond acceptors (Lipinski definition) is 2. The van der Waals surface area contributed by atoms with Gasteiger partial charge in [-0.1, -0.05) is 19.4 Å². The van der Waals surface area contributed by atoms with Crippen LogP contribution in [0, 0.1) is 19.9 Å². The molecule has 0 unspecified atom stereocenters. The normalized spacial score (nSPS) is 9.94. The zero-order chi connectivity index (χ0) is 12.6. The van der Waals surface area contributed by atoms with Gasteiger partial charge in [-0.25, -0.2) is 0 Å². The van der Waals surface area contributed by atoms with Gasteiger partial charge in [0.05, 0.1) is 0 Å². The molecule has 0 aliphatic rings. The number of rotatable bonds is 2. The molecule has 1 heterocycles. The van der Waals surface area contributed by atoms with E-state index in [1.165, 1.54) is 10.9 Å². The molecule has 18 heavy (non-hydrogen) atoms. The summed E-state index contributed by atoms with van der Waals surface area (Å²) in [5.41, 5.74) is 2.20. The van der Waals surface area contributed by atoms with Crippen LogP contribution in [0.15, 0.2) is 23.1 Å². The number of nitrogens with one attached hydrogen (secondary N) is 1. The Bertz CT molecular complexity index is 641. The first kappa shape index (κ1) is 15.1. The molecule has 4 nitrogen and oxygen atoms in total. The fraction of sp³-hybridized carbons (Fsp3) is 0.231. The van der Waals surface area contributed by atoms with Gasteiger partial charge in [0.2, 0.25) is 0 Å². The predicted molar refractivity (Wildman–Crippen MR) is 64.2 cm³/mol. The average molecular weight is 318 g/mol. The van der Waals surface area contributed by atoms with E-state index >= 15 is 0 Å². The molecule has 2 rings (SSSR count). The average Bonchev–Trinajstić information content (AvgIpc) is 2.63. The van der Waals surface area contributed by atoms with E-state index in [0.717, 1.165) is 11.1 Å². The van der Waals surface area contributed by atoms with Crippen LogP contribution in [0.1, 0.15) is 27.0 Å². The molecule has 2 aromatic rings. The van der Waals surface area contributed by atoms with E-state index in [4.69, 9.17) is 0 Å². The van der Waals surface area contributed by atoms with Crippen LogP contribution < -0.4 is 5.56 Å². The van der Waals surface area contributed by atoms with E-state index in [-0.39, 0.29) is 49.6 Å². The summed E-state index contributed by atoms with van der Waals surface area (Å²) in [6.45, 7) is 3.75. The molecular weight excluding hydrogens is 305 g/mol. The van der Waals surface area contributed by atoms with Crippen LogP contribution in [-0.2, 0) is 39.8 Å². The van der Waals surface area contributed by atoms with Gasteiger partial charge in [0.1, 0.15) is 5.56 Å². The number of carbonyl (C=O) groups excluding carboxylic acids is 1. The van der Waals surface area contributed by atoms with Crippen LogP contribution in [0.4, 0.5) is 0 Å². The zero-order valence-electron chi connectivity index (χ0n) is 10.6. The number of H-pyrrole nitrogens is 1. The number of ketones is 1. The molecule has 0 saturated heterocycles. The summed E-state index contributed by atoms with van der Waals surface area (Å²) >= 11 is 0. The summed E-state index contributed by atoms with van der Waals surface area (Å²) in [6.07, 6.45) is 1.44. The van der Waals surface area contributed by atoms with Gasteiger partial charge in [0, 0.05) is 46.0 Å². The van der Waals surface area contributed by atoms with Crippen molar-refractivity contribution < 1.29 is 37.5 Å². The van der Waals surface area contributed by atoms with E-state index in [2.05, 4.69) is 11.2 Å². The first-order valence-electron chi connectivity index (χ1n) is 5.29. The maximum absolute atomic E-state index is 12.2. The van der Waals surface area contributed by atoms with Crippen LogP contribution in [0.25, 0.3) is 0 Å². The molecular formula is C13H13N2O2Y-. The van der Waals surface area contributed by atoms with Gasteiger partial charge in [-0.15, -0.1) is 5.56 Å². The van der Waals surface area contributed by atoms with E-state index in [9.17, 15) is 9.59 Å². The fourth-order valence-electron chi connectivity index (χ4n) is 1.70. The minimum atomic E-state index is -0.306. The number of aromatic amines is 1. The van der Waals surface area contributed by atoms with Gasteiger partial charge >= 0.3 is 0 Å². The van der Waals surface area contributed by atoms with E-state index in [0.29, 0.717) is 5.56 Å². The topological polar surface area (TPSA) is 54.9 Å². The van der Waals surface area contributed by atoms with Crippen molar-refractivity contribution in [3.05, 3.63) is 57.0 Å². The molecule has 0 atom stereocenters. The Morgan fingerprint density at radius 3 is 2.56 bits per heavy atom. The van der Waals surface area contributed by atoms with Crippen LogP contribution >= 0.6 is 0 Å². The minimum Gasteiger partial charge on any atom is -0.302 e. The monoisotopic (exact) mass is 318 g/mol. The van der Waals surface area contributed by atoms with Crippen molar-refractivity contribution >= 4 is 5.78 Å². The van der Waals surface area contributed by atoms with Gasteiger partial charge in [0.25, 0.3) is 5.56 Å². The number of nitrogens with zero attached hydrogens (tertiary/aromatic N) is 1. The second-order valence-corrected chi connectivity index (χ2v) is 4.02. The van der Waals surface area contributed by atoms with Crippen molar-refractivity contribution in [2.45, 2.75) is 13.8 Å². The Labute approximate surface area is 130 Å². The summed E-state index contributed by atoms with van der Waals surface area (Å²) in [5, 5.41) is 2.70. The molecule has 1 N–H and O–H groups in total. The molecule has 1 aromatic carbocycles. The third-order valence-corrected chi connectivity index (χ3v) is 2.94. The maximum Gasteiger partial charge on any atom is 0.277 e. The minimum absolute atomic E-state index is 0. The summed E-state index contributed by atoms with van der Waals surface area (Å²) in [4.78, 5) is 23.9. The third kappa shape index (κ3) is 2.54. The van der Waals surface area contributed by atoms with Crippen molar-refractivity contribution in [2.75, 3.05) is 0 Å². The molecule has 0 aliphatic heterocycles. The molecule has 0 spiro atoms. The Hall–Kier alpha value is -0.996. The second kappa shape index (κ2) is 5.76. The van der Waals surface area contributed by atoms with E-state index in [1.54, 1.807) is 19.2 Å². The van der Waals surface area contributed by atoms with Crippen LogP contribution in [-0.4, -0.2) is 15.6 Å². The summed E-state index contributed by atoms with van der Waals surface area (Å²) in [5.74, 6) is -0.249. The predicted octanol–water partition coefficient (Wildman–Crippen LogP) is 1.36. The number of carbonyl (C=O) groups is 1. The number of aryl methyl sites for hydroxylation is 2. The van der Waals surface area contributed by atoms with Crippen LogP contribution in [0.2, 0.25) is 0 Å². The second-order valence-electron chi connectivity index (χ2n) is 4.02. The van der Waals surface area contributed by atoms with Crippen molar-refractivity contribution in [3.63, 3.8) is 0 Å². The third-order valence-electron chi connectivity index (χ3n) is 2.94. The van der Waals surface area contributed by atoms with Crippen molar-refractivity contribution in [2.24, 2.45) is 7.05 Å². The van der Waals surface area contributed by atoms with Crippen LogP contribution in [0.3, 0.4) is 0 Å². The summed E-state index contributed by atoms with van der Waals surface area (Å²) in [6, 6.07) is 6.42. The van der Waals surface area contributed by atoms with Crippen molar-refractivity contribution in [1.29, 1.82) is 0 Å². The zero-order valence-corrected chi connectivity index (χ0v) is 13.4. The van der Waals surface area contributed by atoms with Crippen molar-refractivity contribution in [3.8, 4) is 0 Å². The Balaban J connectivity index is 0.00000162. The van der Waals surface area contributed by atoms with Gasteiger partial charge in [-0.3, -0.25) is 14.3 Å². The van der Waals surface area contributed by atoms with E-state index in [1.807, 2.05) is 13.8 Å². The molecule has 5 heteroatoms. The molecule has 0 bridgehead atoms. The number of hydrogen-bond donors (Lipinski definition) is 1. The van der Waals surface area contributed by atoms with E-state index < -0.39 is 0 Å². The Morgan fingerprint density at radius 1 is 1.33 bits per heavy atom. The SMILES string of the molecule is Cc1[c-]ccc(C(=O)c2c[nH]n(C)c2=O)c1C.[Y]. The summed E-state index contributed by atoms with van der Waals surface area (Å²) in [7, 11) is 1.58.